The molecular formula is C9H15N3O3S. The summed E-state index contributed by atoms with van der Waals surface area (Å²) in [5.74, 6) is 0.0370. The number of sulfonamides is 1. The summed E-state index contributed by atoms with van der Waals surface area (Å²) in [7, 11) is -1.76. The number of aryl methyl sites for hydroxylation is 1. The fourth-order valence-electron chi connectivity index (χ4n) is 1.01. The molecule has 0 amide bonds. The molecule has 0 bridgehead atoms. The number of aromatic nitrogens is 2. The van der Waals surface area contributed by atoms with Crippen molar-refractivity contribution in [3.63, 3.8) is 0 Å². The summed E-state index contributed by atoms with van der Waals surface area (Å²) < 4.78 is 29.6. The number of nitrogens with zero attached hydrogens (tertiary/aromatic N) is 2. The van der Waals surface area contributed by atoms with Gasteiger partial charge in [0, 0.05) is 11.9 Å². The van der Waals surface area contributed by atoms with Gasteiger partial charge in [0.1, 0.15) is 0 Å². The van der Waals surface area contributed by atoms with Gasteiger partial charge >= 0.3 is 6.01 Å². The Labute approximate surface area is 95.1 Å². The zero-order valence-corrected chi connectivity index (χ0v) is 10.1. The summed E-state index contributed by atoms with van der Waals surface area (Å²) in [5, 5.41) is 0. The molecule has 0 fully saturated rings. The van der Waals surface area contributed by atoms with Gasteiger partial charge in [0.25, 0.3) is 0 Å². The van der Waals surface area contributed by atoms with E-state index in [1.54, 1.807) is 12.3 Å². The van der Waals surface area contributed by atoms with Gasteiger partial charge in [0.15, 0.2) is 0 Å². The van der Waals surface area contributed by atoms with Gasteiger partial charge < -0.3 is 4.74 Å². The highest BCUT2D eigenvalue weighted by atomic mass is 32.2. The molecule has 1 rings (SSSR count). The Balaban J connectivity index is 2.32. The van der Waals surface area contributed by atoms with Crippen LogP contribution in [0.2, 0.25) is 0 Å². The first-order valence-corrected chi connectivity index (χ1v) is 6.52. The lowest BCUT2D eigenvalue weighted by Crippen LogP contribution is -2.23. The van der Waals surface area contributed by atoms with E-state index in [1.807, 2.05) is 6.92 Å². The largest absolute Gasteiger partial charge is 0.463 e. The van der Waals surface area contributed by atoms with Crippen LogP contribution in [0, 0.1) is 6.92 Å². The highest BCUT2D eigenvalue weighted by Crippen LogP contribution is 2.02. The molecule has 0 radical (unpaired) electrons. The smallest absolute Gasteiger partial charge is 0.316 e. The number of nitrogens with one attached hydrogen (secondary N) is 1. The molecule has 1 heterocycles. The summed E-state index contributed by atoms with van der Waals surface area (Å²) in [6.45, 7) is 2.12. The second-order valence-corrected chi connectivity index (χ2v) is 5.25. The van der Waals surface area contributed by atoms with Gasteiger partial charge in [0.2, 0.25) is 10.0 Å². The zero-order valence-electron chi connectivity index (χ0n) is 9.30. The maximum absolute atomic E-state index is 11.1. The van der Waals surface area contributed by atoms with Crippen LogP contribution in [0.4, 0.5) is 0 Å². The molecule has 0 saturated heterocycles. The standard InChI is InChI=1S/C9H15N3O3S/c1-8-4-5-11-9(12-8)15-6-3-7-16(13,14)10-2/h4-5,10H,3,6-7H2,1-2H3. The molecule has 0 saturated carbocycles. The topological polar surface area (TPSA) is 81.2 Å². The minimum atomic E-state index is -3.15. The second kappa shape index (κ2) is 5.76. The van der Waals surface area contributed by atoms with Gasteiger partial charge in [-0.3, -0.25) is 0 Å². The Kier molecular flexibility index (Phi) is 4.63. The van der Waals surface area contributed by atoms with Crippen molar-refractivity contribution in [2.75, 3.05) is 19.4 Å². The van der Waals surface area contributed by atoms with Crippen LogP contribution in [0.3, 0.4) is 0 Å². The van der Waals surface area contributed by atoms with E-state index in [1.165, 1.54) is 7.05 Å². The minimum Gasteiger partial charge on any atom is -0.463 e. The van der Waals surface area contributed by atoms with Gasteiger partial charge in [-0.25, -0.2) is 23.1 Å². The van der Waals surface area contributed by atoms with Crippen LogP contribution in [-0.4, -0.2) is 37.8 Å². The molecule has 90 valence electrons. The average molecular weight is 245 g/mol. The first-order valence-electron chi connectivity index (χ1n) is 4.87. The molecule has 0 aromatic carbocycles. The third-order valence-electron chi connectivity index (χ3n) is 1.87. The lowest BCUT2D eigenvalue weighted by molar-refractivity contribution is 0.291. The molecule has 0 aliphatic heterocycles. The summed E-state index contributed by atoms with van der Waals surface area (Å²) >= 11 is 0. The quantitative estimate of drug-likeness (QED) is 0.719. The lowest BCUT2D eigenvalue weighted by Gasteiger charge is -2.04. The van der Waals surface area contributed by atoms with Gasteiger partial charge in [-0.2, -0.15) is 0 Å². The van der Waals surface area contributed by atoms with E-state index in [0.717, 1.165) is 5.69 Å². The molecular weight excluding hydrogens is 230 g/mol. The van der Waals surface area contributed by atoms with Crippen LogP contribution < -0.4 is 9.46 Å². The van der Waals surface area contributed by atoms with Crippen molar-refractivity contribution < 1.29 is 13.2 Å². The van der Waals surface area contributed by atoms with Crippen molar-refractivity contribution in [1.29, 1.82) is 0 Å². The van der Waals surface area contributed by atoms with Crippen LogP contribution in [-0.2, 0) is 10.0 Å². The molecule has 7 heteroatoms. The summed E-state index contributed by atoms with van der Waals surface area (Å²) in [4.78, 5) is 7.92. The third-order valence-corrected chi connectivity index (χ3v) is 3.32. The second-order valence-electron chi connectivity index (χ2n) is 3.21. The molecule has 0 spiro atoms. The van der Waals surface area contributed by atoms with Gasteiger partial charge in [0.05, 0.1) is 12.4 Å². The van der Waals surface area contributed by atoms with E-state index in [-0.39, 0.29) is 18.4 Å². The summed E-state index contributed by atoms with van der Waals surface area (Å²) in [6, 6.07) is 2.04. The highest BCUT2D eigenvalue weighted by Gasteiger charge is 2.06. The van der Waals surface area contributed by atoms with Crippen molar-refractivity contribution in [2.24, 2.45) is 0 Å². The molecule has 1 aromatic heterocycles. The predicted molar refractivity (Wildman–Crippen MR) is 59.7 cm³/mol. The van der Waals surface area contributed by atoms with Crippen molar-refractivity contribution in [3.8, 4) is 6.01 Å². The van der Waals surface area contributed by atoms with Gasteiger partial charge in [-0.1, -0.05) is 0 Å². The fourth-order valence-corrected chi connectivity index (χ4v) is 1.71. The maximum atomic E-state index is 11.1. The van der Waals surface area contributed by atoms with Gasteiger partial charge in [-0.15, -0.1) is 0 Å². The first-order chi connectivity index (χ1) is 7.53. The SMILES string of the molecule is CNS(=O)(=O)CCCOc1nccc(C)n1. The average Bonchev–Trinajstić information content (AvgIpc) is 2.25. The van der Waals surface area contributed by atoms with Crippen LogP contribution in [0.5, 0.6) is 6.01 Å². The molecule has 1 aromatic rings. The van der Waals surface area contributed by atoms with Crippen LogP contribution in [0.1, 0.15) is 12.1 Å². The van der Waals surface area contributed by atoms with Gasteiger partial charge in [-0.05, 0) is 26.5 Å². The number of ether oxygens (including phenoxy) is 1. The zero-order chi connectivity index (χ0) is 12.0. The lowest BCUT2D eigenvalue weighted by atomic mass is 10.5. The Bertz CT molecular complexity index is 433. The van der Waals surface area contributed by atoms with E-state index in [9.17, 15) is 8.42 Å². The van der Waals surface area contributed by atoms with Crippen molar-refractivity contribution in [1.82, 2.24) is 14.7 Å². The number of hydrogen-bond acceptors (Lipinski definition) is 5. The normalized spacial score (nSPS) is 11.4. The van der Waals surface area contributed by atoms with Crippen molar-refractivity contribution in [3.05, 3.63) is 18.0 Å². The summed E-state index contributed by atoms with van der Waals surface area (Å²) in [6.07, 6.45) is 2.00. The predicted octanol–water partition coefficient (Wildman–Crippen LogP) is 0.103. The highest BCUT2D eigenvalue weighted by molar-refractivity contribution is 7.89. The van der Waals surface area contributed by atoms with Crippen molar-refractivity contribution >= 4 is 10.0 Å². The van der Waals surface area contributed by atoms with E-state index in [4.69, 9.17) is 4.74 Å². The Morgan fingerprint density at radius 2 is 2.25 bits per heavy atom. The molecule has 0 aliphatic carbocycles. The third kappa shape index (κ3) is 4.54. The number of hydrogen-bond donors (Lipinski definition) is 1. The minimum absolute atomic E-state index is 0.0370. The Morgan fingerprint density at radius 3 is 2.88 bits per heavy atom. The van der Waals surface area contributed by atoms with Crippen LogP contribution in [0.25, 0.3) is 0 Å². The first kappa shape index (κ1) is 12.9. The summed E-state index contributed by atoms with van der Waals surface area (Å²) in [5.41, 5.74) is 0.813. The van der Waals surface area contributed by atoms with Crippen LogP contribution in [0.15, 0.2) is 12.3 Å². The molecule has 1 N–H and O–H groups in total. The Hall–Kier alpha value is -1.21. The molecule has 16 heavy (non-hydrogen) atoms. The fraction of sp³-hybridized carbons (Fsp3) is 0.556. The van der Waals surface area contributed by atoms with E-state index in [0.29, 0.717) is 6.42 Å². The van der Waals surface area contributed by atoms with E-state index in [2.05, 4.69) is 14.7 Å². The van der Waals surface area contributed by atoms with E-state index >= 15 is 0 Å². The van der Waals surface area contributed by atoms with Crippen LogP contribution >= 0.6 is 0 Å². The molecule has 0 unspecified atom stereocenters. The molecule has 0 atom stereocenters. The molecule has 0 aliphatic rings. The van der Waals surface area contributed by atoms with Crippen molar-refractivity contribution in [2.45, 2.75) is 13.3 Å². The maximum Gasteiger partial charge on any atom is 0.316 e. The monoisotopic (exact) mass is 245 g/mol. The Morgan fingerprint density at radius 1 is 1.50 bits per heavy atom. The molecule has 6 nitrogen and oxygen atoms in total. The number of rotatable bonds is 6. The van der Waals surface area contributed by atoms with E-state index < -0.39 is 10.0 Å².